The quantitative estimate of drug-likeness (QED) is 0.557. The number of nitrogens with zero attached hydrogens (tertiary/aromatic N) is 1. The van der Waals surface area contributed by atoms with Crippen molar-refractivity contribution in [2.45, 2.75) is 33.2 Å². The first-order chi connectivity index (χ1) is 9.10. The van der Waals surface area contributed by atoms with E-state index in [1.165, 1.54) is 10.6 Å². The molecule has 106 valence electrons. The Labute approximate surface area is 113 Å². The first-order valence-corrected chi connectivity index (χ1v) is 6.53. The lowest BCUT2D eigenvalue weighted by Crippen LogP contribution is -2.30. The molecule has 1 atom stereocenters. The maximum Gasteiger partial charge on any atom is 0.329 e. The molecule has 0 aliphatic heterocycles. The minimum atomic E-state index is -0.574. The van der Waals surface area contributed by atoms with Gasteiger partial charge in [-0.3, -0.25) is 4.79 Å². The molecule has 0 saturated heterocycles. The molecule has 1 rings (SSSR count). The van der Waals surface area contributed by atoms with Gasteiger partial charge in [0.2, 0.25) is 0 Å². The molecule has 0 amide bonds. The lowest BCUT2D eigenvalue weighted by Gasteiger charge is -2.17. The van der Waals surface area contributed by atoms with E-state index in [-0.39, 0.29) is 12.2 Å². The van der Waals surface area contributed by atoms with Crippen LogP contribution in [0.25, 0.3) is 0 Å². The highest BCUT2D eigenvalue weighted by atomic mass is 16.6. The summed E-state index contributed by atoms with van der Waals surface area (Å²) in [6, 6.07) is 2.74. The van der Waals surface area contributed by atoms with Gasteiger partial charge >= 0.3 is 5.97 Å². The molecule has 19 heavy (non-hydrogen) atoms. The fraction of sp³-hybridized carbons (Fsp3) is 0.571. The van der Waals surface area contributed by atoms with Gasteiger partial charge in [-0.15, -0.1) is 0 Å². The average Bonchev–Trinajstić information content (AvgIpc) is 2.38. The Bertz CT molecular complexity index is 467. The van der Waals surface area contributed by atoms with Crippen molar-refractivity contribution < 1.29 is 14.3 Å². The van der Waals surface area contributed by atoms with Gasteiger partial charge in [0.1, 0.15) is 12.6 Å². The van der Waals surface area contributed by atoms with Crippen molar-refractivity contribution in [1.29, 1.82) is 0 Å². The maximum atomic E-state index is 11.9. The number of esters is 1. The van der Waals surface area contributed by atoms with Crippen LogP contribution in [-0.2, 0) is 14.3 Å². The SMILES string of the molecule is CCOCCOC(=O)C(CC)n1ccc(C)cc1=O. The van der Waals surface area contributed by atoms with Crippen LogP contribution in [0.4, 0.5) is 0 Å². The summed E-state index contributed by atoms with van der Waals surface area (Å²) in [6.07, 6.45) is 2.14. The van der Waals surface area contributed by atoms with Crippen molar-refractivity contribution in [3.05, 3.63) is 34.2 Å². The summed E-state index contributed by atoms with van der Waals surface area (Å²) in [5, 5.41) is 0. The number of rotatable bonds is 7. The van der Waals surface area contributed by atoms with Gasteiger partial charge in [0.15, 0.2) is 0 Å². The molecular weight excluding hydrogens is 246 g/mol. The van der Waals surface area contributed by atoms with Gasteiger partial charge in [0.25, 0.3) is 5.56 Å². The van der Waals surface area contributed by atoms with Gasteiger partial charge in [-0.25, -0.2) is 4.79 Å². The van der Waals surface area contributed by atoms with Crippen LogP contribution in [0.5, 0.6) is 0 Å². The second kappa shape index (κ2) is 7.74. The lowest BCUT2D eigenvalue weighted by atomic mass is 10.2. The van der Waals surface area contributed by atoms with Crippen LogP contribution in [0, 0.1) is 6.92 Å². The maximum absolute atomic E-state index is 11.9. The Morgan fingerprint density at radius 2 is 2.11 bits per heavy atom. The van der Waals surface area contributed by atoms with E-state index in [2.05, 4.69) is 0 Å². The second-order valence-corrected chi connectivity index (χ2v) is 4.24. The molecule has 0 spiro atoms. The van der Waals surface area contributed by atoms with Crippen molar-refractivity contribution >= 4 is 5.97 Å². The Morgan fingerprint density at radius 1 is 1.37 bits per heavy atom. The second-order valence-electron chi connectivity index (χ2n) is 4.24. The number of aromatic nitrogens is 1. The van der Waals surface area contributed by atoms with Crippen molar-refractivity contribution in [3.63, 3.8) is 0 Å². The van der Waals surface area contributed by atoms with E-state index in [0.717, 1.165) is 5.56 Å². The van der Waals surface area contributed by atoms with Gasteiger partial charge in [0, 0.05) is 18.9 Å². The molecule has 0 aliphatic carbocycles. The summed E-state index contributed by atoms with van der Waals surface area (Å²) < 4.78 is 11.6. The van der Waals surface area contributed by atoms with Crippen molar-refractivity contribution in [2.24, 2.45) is 0 Å². The molecule has 0 saturated carbocycles. The Hall–Kier alpha value is -1.62. The van der Waals surface area contributed by atoms with Gasteiger partial charge < -0.3 is 14.0 Å². The van der Waals surface area contributed by atoms with Gasteiger partial charge in [-0.2, -0.15) is 0 Å². The summed E-state index contributed by atoms with van der Waals surface area (Å²) in [5.74, 6) is -0.395. The summed E-state index contributed by atoms with van der Waals surface area (Å²) in [7, 11) is 0. The van der Waals surface area contributed by atoms with Crippen molar-refractivity contribution in [2.75, 3.05) is 19.8 Å². The zero-order valence-electron chi connectivity index (χ0n) is 11.7. The first kappa shape index (κ1) is 15.4. The van der Waals surface area contributed by atoms with Gasteiger partial charge in [0.05, 0.1) is 6.61 Å². The molecule has 0 aliphatic rings. The van der Waals surface area contributed by atoms with Crippen LogP contribution >= 0.6 is 0 Å². The van der Waals surface area contributed by atoms with Crippen LogP contribution in [0.2, 0.25) is 0 Å². The predicted molar refractivity (Wildman–Crippen MR) is 72.2 cm³/mol. The van der Waals surface area contributed by atoms with E-state index in [4.69, 9.17) is 9.47 Å². The smallest absolute Gasteiger partial charge is 0.329 e. The van der Waals surface area contributed by atoms with Crippen LogP contribution in [0.1, 0.15) is 31.9 Å². The molecule has 1 heterocycles. The standard InChI is InChI=1S/C14H21NO4/c1-4-12(14(17)19-9-8-18-5-2)15-7-6-11(3)10-13(15)16/h6-7,10,12H,4-5,8-9H2,1-3H3. The van der Waals surface area contributed by atoms with E-state index in [1.54, 1.807) is 12.3 Å². The zero-order chi connectivity index (χ0) is 14.3. The summed E-state index contributed by atoms with van der Waals surface area (Å²) in [6.45, 7) is 6.74. The number of carbonyl (C=O) groups excluding carboxylic acids is 1. The van der Waals surface area contributed by atoms with E-state index >= 15 is 0 Å². The monoisotopic (exact) mass is 267 g/mol. The Kier molecular flexibility index (Phi) is 6.29. The normalized spacial score (nSPS) is 12.2. The van der Waals surface area contributed by atoms with Gasteiger partial charge in [-0.1, -0.05) is 6.92 Å². The summed E-state index contributed by atoms with van der Waals surface area (Å²) in [5.41, 5.74) is 0.689. The molecule has 5 heteroatoms. The molecule has 0 N–H and O–H groups in total. The largest absolute Gasteiger partial charge is 0.462 e. The number of pyridine rings is 1. The van der Waals surface area contributed by atoms with E-state index < -0.39 is 12.0 Å². The number of ether oxygens (including phenoxy) is 2. The fourth-order valence-electron chi connectivity index (χ4n) is 1.76. The molecule has 0 aromatic carbocycles. The Balaban J connectivity index is 2.71. The number of hydrogen-bond donors (Lipinski definition) is 0. The molecule has 1 aromatic heterocycles. The van der Waals surface area contributed by atoms with Crippen LogP contribution in [0.3, 0.4) is 0 Å². The molecule has 1 aromatic rings. The van der Waals surface area contributed by atoms with Crippen molar-refractivity contribution in [1.82, 2.24) is 4.57 Å². The Morgan fingerprint density at radius 3 is 2.68 bits per heavy atom. The summed E-state index contributed by atoms with van der Waals surface area (Å²) in [4.78, 5) is 23.8. The number of hydrogen-bond acceptors (Lipinski definition) is 4. The first-order valence-electron chi connectivity index (χ1n) is 6.53. The topological polar surface area (TPSA) is 57.5 Å². The third-order valence-corrected chi connectivity index (χ3v) is 2.77. The molecule has 0 fully saturated rings. The molecule has 5 nitrogen and oxygen atoms in total. The number of carbonyl (C=O) groups is 1. The third kappa shape index (κ3) is 4.52. The average molecular weight is 267 g/mol. The fourth-order valence-corrected chi connectivity index (χ4v) is 1.76. The van der Waals surface area contributed by atoms with E-state index in [9.17, 15) is 9.59 Å². The van der Waals surface area contributed by atoms with E-state index in [0.29, 0.717) is 19.6 Å². The minimum absolute atomic E-state index is 0.186. The molecule has 0 radical (unpaired) electrons. The lowest BCUT2D eigenvalue weighted by molar-refractivity contribution is -0.149. The van der Waals surface area contributed by atoms with Crippen LogP contribution < -0.4 is 5.56 Å². The molecular formula is C14H21NO4. The number of aryl methyl sites for hydroxylation is 1. The van der Waals surface area contributed by atoms with E-state index in [1.807, 2.05) is 20.8 Å². The van der Waals surface area contributed by atoms with Crippen LogP contribution in [0.15, 0.2) is 23.1 Å². The highest BCUT2D eigenvalue weighted by Crippen LogP contribution is 2.11. The summed E-state index contributed by atoms with van der Waals surface area (Å²) >= 11 is 0. The third-order valence-electron chi connectivity index (χ3n) is 2.77. The molecule has 1 unspecified atom stereocenters. The zero-order valence-corrected chi connectivity index (χ0v) is 11.7. The van der Waals surface area contributed by atoms with Crippen molar-refractivity contribution in [3.8, 4) is 0 Å². The molecule has 0 bridgehead atoms. The highest BCUT2D eigenvalue weighted by Gasteiger charge is 2.20. The predicted octanol–water partition coefficient (Wildman–Crippen LogP) is 1.69. The van der Waals surface area contributed by atoms with Crippen LogP contribution in [-0.4, -0.2) is 30.4 Å². The van der Waals surface area contributed by atoms with Gasteiger partial charge in [-0.05, 0) is 31.9 Å². The minimum Gasteiger partial charge on any atom is -0.462 e. The highest BCUT2D eigenvalue weighted by molar-refractivity contribution is 5.74.